The molecule has 1 saturated heterocycles. The van der Waals surface area contributed by atoms with Crippen molar-refractivity contribution in [3.8, 4) is 6.07 Å². The van der Waals surface area contributed by atoms with E-state index in [0.717, 1.165) is 4.68 Å². The lowest BCUT2D eigenvalue weighted by molar-refractivity contribution is -0.191. The van der Waals surface area contributed by atoms with Crippen LogP contribution in [0.3, 0.4) is 0 Å². The number of nitriles is 1. The van der Waals surface area contributed by atoms with Crippen LogP contribution in [0.15, 0.2) is 12.7 Å². The van der Waals surface area contributed by atoms with Crippen molar-refractivity contribution in [3.05, 3.63) is 12.7 Å². The normalized spacial score (nSPS) is 22.0. The van der Waals surface area contributed by atoms with E-state index in [-0.39, 0.29) is 30.4 Å². The van der Waals surface area contributed by atoms with Crippen LogP contribution in [0.1, 0.15) is 24.6 Å². The van der Waals surface area contributed by atoms with Crippen LogP contribution in [0.25, 0.3) is 0 Å². The quantitative estimate of drug-likeness (QED) is 0.702. The third-order valence-corrected chi connectivity index (χ3v) is 3.66. The molecule has 2 atom stereocenters. The van der Waals surface area contributed by atoms with Crippen LogP contribution in [-0.4, -0.2) is 68.8 Å². The number of aromatic nitrogens is 3. The molecule has 1 aromatic heterocycles. The molecule has 1 amide bonds. The van der Waals surface area contributed by atoms with Crippen molar-refractivity contribution in [3.63, 3.8) is 0 Å². The van der Waals surface area contributed by atoms with E-state index in [1.54, 1.807) is 4.90 Å². The van der Waals surface area contributed by atoms with Gasteiger partial charge in [0, 0.05) is 13.5 Å². The second-order valence-corrected chi connectivity index (χ2v) is 5.07. The number of rotatable bonds is 4. The molecule has 0 saturated carbocycles. The summed E-state index contributed by atoms with van der Waals surface area (Å²) in [6.45, 7) is 1.85. The highest BCUT2D eigenvalue weighted by Gasteiger charge is 2.34. The van der Waals surface area contributed by atoms with Gasteiger partial charge in [0.1, 0.15) is 12.7 Å². The first kappa shape index (κ1) is 16.1. The molecular formula is C13H18N6O3. The Morgan fingerprint density at radius 3 is 2.82 bits per heavy atom. The summed E-state index contributed by atoms with van der Waals surface area (Å²) in [5, 5.41) is 14.3. The van der Waals surface area contributed by atoms with E-state index in [9.17, 15) is 14.9 Å². The summed E-state index contributed by atoms with van der Waals surface area (Å²) in [7, 11) is 1.43. The molecule has 9 heteroatoms. The highest BCUT2D eigenvalue weighted by atomic mass is 16.7. The SMILES string of the molecule is CON(C(C)=O)[C@@H]1CC[C@@H](C#N)N(CC(=O)n2cncn2)C1. The molecule has 2 rings (SSSR count). The van der Waals surface area contributed by atoms with Gasteiger partial charge in [-0.05, 0) is 12.8 Å². The standard InChI is InChI=1S/C13H18N6O3/c1-10(20)19(22-2)12-4-3-11(5-14)17(6-12)7-13(21)18-9-15-8-16-18/h8-9,11-12H,3-4,6-7H2,1-2H3/t11-,12+/m0/s1. The Morgan fingerprint density at radius 2 is 2.27 bits per heavy atom. The van der Waals surface area contributed by atoms with Gasteiger partial charge in [-0.1, -0.05) is 0 Å². The molecular weight excluding hydrogens is 288 g/mol. The van der Waals surface area contributed by atoms with Gasteiger partial charge in [-0.2, -0.15) is 15.0 Å². The van der Waals surface area contributed by atoms with Gasteiger partial charge in [0.05, 0.1) is 31.8 Å². The molecule has 1 aliphatic rings. The molecule has 0 bridgehead atoms. The first-order chi connectivity index (χ1) is 10.6. The van der Waals surface area contributed by atoms with Crippen molar-refractivity contribution in [2.45, 2.75) is 31.8 Å². The molecule has 0 aliphatic carbocycles. The number of amides is 1. The fraction of sp³-hybridized carbons (Fsp3) is 0.615. The Hall–Kier alpha value is -2.31. The lowest BCUT2D eigenvalue weighted by Crippen LogP contribution is -2.54. The summed E-state index contributed by atoms with van der Waals surface area (Å²) >= 11 is 0. The van der Waals surface area contributed by atoms with Crippen LogP contribution in [0.2, 0.25) is 0 Å². The molecule has 2 heterocycles. The highest BCUT2D eigenvalue weighted by Crippen LogP contribution is 2.21. The summed E-state index contributed by atoms with van der Waals surface area (Å²) in [5.41, 5.74) is 0. The van der Waals surface area contributed by atoms with Crippen LogP contribution >= 0.6 is 0 Å². The lowest BCUT2D eigenvalue weighted by atomic mass is 9.98. The van der Waals surface area contributed by atoms with Crippen molar-refractivity contribution >= 4 is 11.8 Å². The summed E-state index contributed by atoms with van der Waals surface area (Å²) < 4.78 is 1.14. The average molecular weight is 306 g/mol. The Morgan fingerprint density at radius 1 is 1.50 bits per heavy atom. The monoisotopic (exact) mass is 306 g/mol. The maximum absolute atomic E-state index is 12.1. The molecule has 1 aromatic rings. The third-order valence-electron chi connectivity index (χ3n) is 3.66. The summed E-state index contributed by atoms with van der Waals surface area (Å²) in [4.78, 5) is 34.3. The lowest BCUT2D eigenvalue weighted by Gasteiger charge is -2.39. The summed E-state index contributed by atoms with van der Waals surface area (Å²) in [5.74, 6) is -0.476. The van der Waals surface area contributed by atoms with Gasteiger partial charge < -0.3 is 0 Å². The molecule has 1 aliphatic heterocycles. The zero-order valence-electron chi connectivity index (χ0n) is 12.5. The van der Waals surface area contributed by atoms with Crippen molar-refractivity contribution in [1.29, 1.82) is 5.26 Å². The number of carbonyl (C=O) groups is 2. The molecule has 118 valence electrons. The van der Waals surface area contributed by atoms with E-state index >= 15 is 0 Å². The van der Waals surface area contributed by atoms with Crippen molar-refractivity contribution in [2.24, 2.45) is 0 Å². The van der Waals surface area contributed by atoms with Gasteiger partial charge in [0.15, 0.2) is 0 Å². The van der Waals surface area contributed by atoms with E-state index in [1.807, 2.05) is 0 Å². The molecule has 0 spiro atoms. The Labute approximate surface area is 128 Å². The number of hydrogen-bond acceptors (Lipinski definition) is 7. The first-order valence-electron chi connectivity index (χ1n) is 6.92. The number of carbonyl (C=O) groups excluding carboxylic acids is 2. The molecule has 0 radical (unpaired) electrons. The van der Waals surface area contributed by atoms with Crippen molar-refractivity contribution in [2.75, 3.05) is 20.2 Å². The largest absolute Gasteiger partial charge is 0.277 e. The van der Waals surface area contributed by atoms with Crippen molar-refractivity contribution in [1.82, 2.24) is 24.7 Å². The van der Waals surface area contributed by atoms with E-state index in [4.69, 9.17) is 4.84 Å². The highest BCUT2D eigenvalue weighted by molar-refractivity contribution is 5.79. The summed E-state index contributed by atoms with van der Waals surface area (Å²) in [6, 6.07) is 1.64. The van der Waals surface area contributed by atoms with E-state index in [2.05, 4.69) is 16.2 Å². The smallest absolute Gasteiger partial charge is 0.262 e. The Bertz CT molecular complexity index is 567. The predicted molar refractivity (Wildman–Crippen MR) is 74.2 cm³/mol. The Balaban J connectivity index is 2.07. The zero-order chi connectivity index (χ0) is 16.1. The number of likely N-dealkylation sites (tertiary alicyclic amines) is 1. The maximum Gasteiger partial charge on any atom is 0.262 e. The number of piperidine rings is 1. The van der Waals surface area contributed by atoms with Gasteiger partial charge in [-0.25, -0.2) is 10.0 Å². The number of nitrogens with zero attached hydrogens (tertiary/aromatic N) is 6. The fourth-order valence-electron chi connectivity index (χ4n) is 2.65. The van der Waals surface area contributed by atoms with Crippen LogP contribution in [0, 0.1) is 11.3 Å². The molecule has 22 heavy (non-hydrogen) atoms. The summed E-state index contributed by atoms with van der Waals surface area (Å²) in [6.07, 6.45) is 3.82. The Kier molecular flexibility index (Phi) is 5.19. The van der Waals surface area contributed by atoms with E-state index in [1.165, 1.54) is 31.8 Å². The number of hydrogen-bond donors (Lipinski definition) is 0. The molecule has 0 unspecified atom stereocenters. The van der Waals surface area contributed by atoms with Crippen LogP contribution in [0.4, 0.5) is 0 Å². The van der Waals surface area contributed by atoms with Crippen molar-refractivity contribution < 1.29 is 14.4 Å². The molecule has 9 nitrogen and oxygen atoms in total. The maximum atomic E-state index is 12.1. The fourth-order valence-corrected chi connectivity index (χ4v) is 2.65. The van der Waals surface area contributed by atoms with Gasteiger partial charge in [-0.15, -0.1) is 0 Å². The zero-order valence-corrected chi connectivity index (χ0v) is 12.5. The van der Waals surface area contributed by atoms with Crippen LogP contribution < -0.4 is 0 Å². The molecule has 0 N–H and O–H groups in total. The minimum absolute atomic E-state index is 0.0353. The van der Waals surface area contributed by atoms with Gasteiger partial charge in [0.25, 0.3) is 5.91 Å². The van der Waals surface area contributed by atoms with Crippen LogP contribution in [0.5, 0.6) is 0 Å². The second-order valence-electron chi connectivity index (χ2n) is 5.07. The van der Waals surface area contributed by atoms with Crippen LogP contribution in [-0.2, 0) is 9.63 Å². The minimum Gasteiger partial charge on any atom is -0.277 e. The first-order valence-corrected chi connectivity index (χ1v) is 6.92. The second kappa shape index (κ2) is 7.11. The molecule has 0 aromatic carbocycles. The van der Waals surface area contributed by atoms with Gasteiger partial charge in [0.2, 0.25) is 5.91 Å². The third kappa shape index (κ3) is 3.47. The predicted octanol–water partition coefficient (Wildman–Crippen LogP) is -0.315. The van der Waals surface area contributed by atoms with Gasteiger partial charge >= 0.3 is 0 Å². The van der Waals surface area contributed by atoms with E-state index < -0.39 is 0 Å². The average Bonchev–Trinajstić information content (AvgIpc) is 3.02. The minimum atomic E-state index is -0.366. The molecule has 1 fully saturated rings. The van der Waals surface area contributed by atoms with E-state index in [0.29, 0.717) is 19.4 Å². The van der Waals surface area contributed by atoms with Gasteiger partial charge in [-0.3, -0.25) is 19.3 Å². The topological polar surface area (TPSA) is 104 Å². The number of hydroxylamine groups is 2.